The van der Waals surface area contributed by atoms with Gasteiger partial charge in [0.2, 0.25) is 0 Å². The number of para-hydroxylation sites is 1. The summed E-state index contributed by atoms with van der Waals surface area (Å²) in [6.07, 6.45) is 0. The van der Waals surface area contributed by atoms with Crippen molar-refractivity contribution in [3.8, 4) is 5.75 Å². The molecule has 0 bridgehead atoms. The molecule has 5 heteroatoms. The van der Waals surface area contributed by atoms with Crippen LogP contribution in [0.4, 0.5) is 5.69 Å². The van der Waals surface area contributed by atoms with Crippen LogP contribution in [-0.4, -0.2) is 30.9 Å². The van der Waals surface area contributed by atoms with Crippen molar-refractivity contribution in [3.63, 3.8) is 0 Å². The number of esters is 1. The molecule has 3 N–H and O–H groups in total. The van der Waals surface area contributed by atoms with E-state index in [2.05, 4.69) is 0 Å². The first kappa shape index (κ1) is 12.3. The van der Waals surface area contributed by atoms with Gasteiger partial charge in [-0.2, -0.15) is 0 Å². The van der Waals surface area contributed by atoms with Crippen LogP contribution in [0.25, 0.3) is 0 Å². The lowest BCUT2D eigenvalue weighted by atomic mass is 10.2. The summed E-state index contributed by atoms with van der Waals surface area (Å²) in [7, 11) is 0. The van der Waals surface area contributed by atoms with E-state index in [1.807, 2.05) is 0 Å². The molecule has 1 aromatic carbocycles. The third-order valence-corrected chi connectivity index (χ3v) is 1.88. The largest absolute Gasteiger partial charge is 0.488 e. The average molecular weight is 225 g/mol. The van der Waals surface area contributed by atoms with Gasteiger partial charge < -0.3 is 20.3 Å². The summed E-state index contributed by atoms with van der Waals surface area (Å²) < 4.78 is 10.1. The Hall–Kier alpha value is -1.75. The molecule has 88 valence electrons. The van der Waals surface area contributed by atoms with Crippen LogP contribution < -0.4 is 10.5 Å². The molecule has 1 aromatic rings. The van der Waals surface area contributed by atoms with E-state index in [9.17, 15) is 4.79 Å². The van der Waals surface area contributed by atoms with Crippen LogP contribution in [0, 0.1) is 0 Å². The SMILES string of the molecule is CCOC(=O)c1cccc(N)c1OCCO. The van der Waals surface area contributed by atoms with Gasteiger partial charge >= 0.3 is 5.97 Å². The zero-order chi connectivity index (χ0) is 12.0. The molecule has 0 aliphatic carbocycles. The second kappa shape index (κ2) is 5.97. The number of hydrogen-bond acceptors (Lipinski definition) is 5. The molecule has 0 radical (unpaired) electrons. The Bertz CT molecular complexity index is 365. The lowest BCUT2D eigenvalue weighted by Crippen LogP contribution is -2.11. The highest BCUT2D eigenvalue weighted by Gasteiger charge is 2.15. The fourth-order valence-electron chi connectivity index (χ4n) is 1.23. The van der Waals surface area contributed by atoms with Crippen molar-refractivity contribution in [3.05, 3.63) is 23.8 Å². The molecule has 0 atom stereocenters. The number of aliphatic hydroxyl groups excluding tert-OH is 1. The Balaban J connectivity index is 2.97. The van der Waals surface area contributed by atoms with Gasteiger partial charge in [0.1, 0.15) is 12.2 Å². The first-order valence-electron chi connectivity index (χ1n) is 5.00. The van der Waals surface area contributed by atoms with Gasteiger partial charge in [0.25, 0.3) is 0 Å². The third-order valence-electron chi connectivity index (χ3n) is 1.88. The van der Waals surface area contributed by atoms with E-state index in [4.69, 9.17) is 20.3 Å². The maximum absolute atomic E-state index is 11.6. The Kier molecular flexibility index (Phi) is 4.60. The van der Waals surface area contributed by atoms with E-state index < -0.39 is 5.97 Å². The Labute approximate surface area is 93.8 Å². The van der Waals surface area contributed by atoms with Crippen LogP contribution in [0.1, 0.15) is 17.3 Å². The summed E-state index contributed by atoms with van der Waals surface area (Å²) in [5.41, 5.74) is 6.30. The Morgan fingerprint density at radius 3 is 2.88 bits per heavy atom. The molecular formula is C11H15NO4. The van der Waals surface area contributed by atoms with Crippen molar-refractivity contribution < 1.29 is 19.4 Å². The van der Waals surface area contributed by atoms with Gasteiger partial charge in [-0.25, -0.2) is 4.79 Å². The molecule has 0 amide bonds. The topological polar surface area (TPSA) is 81.8 Å². The second-order valence-electron chi connectivity index (χ2n) is 3.02. The van der Waals surface area contributed by atoms with Gasteiger partial charge in [0, 0.05) is 0 Å². The number of hydrogen-bond donors (Lipinski definition) is 2. The number of nitrogen functional groups attached to an aromatic ring is 1. The van der Waals surface area contributed by atoms with Gasteiger partial charge in [-0.15, -0.1) is 0 Å². The molecule has 5 nitrogen and oxygen atoms in total. The van der Waals surface area contributed by atoms with E-state index in [1.165, 1.54) is 0 Å². The summed E-state index contributed by atoms with van der Waals surface area (Å²) in [6, 6.07) is 4.84. The smallest absolute Gasteiger partial charge is 0.341 e. The monoisotopic (exact) mass is 225 g/mol. The second-order valence-corrected chi connectivity index (χ2v) is 3.02. The van der Waals surface area contributed by atoms with Crippen LogP contribution in [0.2, 0.25) is 0 Å². The molecule has 0 fully saturated rings. The van der Waals surface area contributed by atoms with Gasteiger partial charge in [0.15, 0.2) is 5.75 Å². The fourth-order valence-corrected chi connectivity index (χ4v) is 1.23. The number of carbonyl (C=O) groups excluding carboxylic acids is 1. The minimum Gasteiger partial charge on any atom is -0.488 e. The highest BCUT2D eigenvalue weighted by molar-refractivity contribution is 5.94. The number of rotatable bonds is 5. The van der Waals surface area contributed by atoms with Crippen LogP contribution in [0.5, 0.6) is 5.75 Å². The van der Waals surface area contributed by atoms with Gasteiger partial charge in [-0.3, -0.25) is 0 Å². The average Bonchev–Trinajstić information content (AvgIpc) is 2.27. The maximum atomic E-state index is 11.6. The lowest BCUT2D eigenvalue weighted by molar-refractivity contribution is 0.0520. The molecule has 0 saturated carbocycles. The summed E-state index contributed by atoms with van der Waals surface area (Å²) in [5.74, 6) is -0.224. The number of carbonyl (C=O) groups is 1. The van der Waals surface area contributed by atoms with Gasteiger partial charge in [-0.1, -0.05) is 6.07 Å². The first-order chi connectivity index (χ1) is 7.70. The van der Waals surface area contributed by atoms with E-state index >= 15 is 0 Å². The minimum absolute atomic E-state index is 0.0839. The number of benzene rings is 1. The Morgan fingerprint density at radius 2 is 2.25 bits per heavy atom. The first-order valence-corrected chi connectivity index (χ1v) is 5.00. The molecule has 0 heterocycles. The van der Waals surface area contributed by atoms with E-state index in [0.717, 1.165) is 0 Å². The van der Waals surface area contributed by atoms with Crippen LogP contribution in [0.3, 0.4) is 0 Å². The van der Waals surface area contributed by atoms with E-state index in [0.29, 0.717) is 5.69 Å². The normalized spacial score (nSPS) is 9.88. The zero-order valence-electron chi connectivity index (χ0n) is 9.10. The van der Waals surface area contributed by atoms with Crippen molar-refractivity contribution in [2.24, 2.45) is 0 Å². The number of anilines is 1. The lowest BCUT2D eigenvalue weighted by Gasteiger charge is -2.11. The Morgan fingerprint density at radius 1 is 1.50 bits per heavy atom. The van der Waals surface area contributed by atoms with Crippen LogP contribution in [-0.2, 0) is 4.74 Å². The minimum atomic E-state index is -0.484. The van der Waals surface area contributed by atoms with E-state index in [-0.39, 0.29) is 31.1 Å². The van der Waals surface area contributed by atoms with Gasteiger partial charge in [-0.05, 0) is 19.1 Å². The van der Waals surface area contributed by atoms with Crippen molar-refractivity contribution in [2.75, 3.05) is 25.6 Å². The summed E-state index contributed by atoms with van der Waals surface area (Å²) in [5, 5.41) is 8.67. The molecule has 0 spiro atoms. The van der Waals surface area contributed by atoms with Crippen molar-refractivity contribution in [1.29, 1.82) is 0 Å². The highest BCUT2D eigenvalue weighted by Crippen LogP contribution is 2.26. The van der Waals surface area contributed by atoms with Crippen LogP contribution in [0.15, 0.2) is 18.2 Å². The number of ether oxygens (including phenoxy) is 2. The van der Waals surface area contributed by atoms with E-state index in [1.54, 1.807) is 25.1 Å². The highest BCUT2D eigenvalue weighted by atomic mass is 16.5. The molecule has 0 aliphatic rings. The summed E-state index contributed by atoms with van der Waals surface area (Å²) >= 11 is 0. The standard InChI is InChI=1S/C11H15NO4/c1-2-15-11(14)8-4-3-5-9(12)10(8)16-7-6-13/h3-5,13H,2,6-7,12H2,1H3. The van der Waals surface area contributed by atoms with Crippen LogP contribution >= 0.6 is 0 Å². The predicted molar refractivity (Wildman–Crippen MR) is 59.4 cm³/mol. The quantitative estimate of drug-likeness (QED) is 0.572. The molecule has 16 heavy (non-hydrogen) atoms. The molecule has 0 aliphatic heterocycles. The summed E-state index contributed by atoms with van der Waals surface area (Å²) in [4.78, 5) is 11.6. The maximum Gasteiger partial charge on any atom is 0.341 e. The molecular weight excluding hydrogens is 210 g/mol. The van der Waals surface area contributed by atoms with Crippen molar-refractivity contribution in [2.45, 2.75) is 6.92 Å². The number of aliphatic hydroxyl groups is 1. The fraction of sp³-hybridized carbons (Fsp3) is 0.364. The molecule has 0 saturated heterocycles. The van der Waals surface area contributed by atoms with Gasteiger partial charge in [0.05, 0.1) is 18.9 Å². The van der Waals surface area contributed by atoms with Crippen molar-refractivity contribution in [1.82, 2.24) is 0 Å². The molecule has 1 rings (SSSR count). The number of nitrogens with two attached hydrogens (primary N) is 1. The predicted octanol–water partition coefficient (Wildman–Crippen LogP) is 0.817. The summed E-state index contributed by atoms with van der Waals surface area (Å²) in [6.45, 7) is 1.95. The molecule has 0 aromatic heterocycles. The molecule has 0 unspecified atom stereocenters. The third kappa shape index (κ3) is 2.87. The van der Waals surface area contributed by atoms with Crippen molar-refractivity contribution >= 4 is 11.7 Å². The zero-order valence-corrected chi connectivity index (χ0v) is 9.10.